The number of ether oxygens (including phenoxy) is 1. The van der Waals surface area contributed by atoms with Crippen LogP contribution in [0.25, 0.3) is 0 Å². The highest BCUT2D eigenvalue weighted by molar-refractivity contribution is 7.10. The van der Waals surface area contributed by atoms with Crippen LogP contribution < -0.4 is 0 Å². The molecule has 0 aliphatic rings. The second-order valence-electron chi connectivity index (χ2n) is 3.69. The third-order valence-electron chi connectivity index (χ3n) is 2.44. The molecule has 100 valence electrons. The van der Waals surface area contributed by atoms with Gasteiger partial charge in [0.15, 0.2) is 0 Å². The molecule has 0 aliphatic heterocycles. The predicted octanol–water partition coefficient (Wildman–Crippen LogP) is 0.675. The SMILES string of the molecule is COC(=O)CCN(CCO)C(=O)Cc1cccs1. The summed E-state index contributed by atoms with van der Waals surface area (Å²) in [6.45, 7) is 0.399. The van der Waals surface area contributed by atoms with Gasteiger partial charge in [-0.05, 0) is 11.4 Å². The summed E-state index contributed by atoms with van der Waals surface area (Å²) in [6.07, 6.45) is 0.450. The van der Waals surface area contributed by atoms with E-state index in [9.17, 15) is 9.59 Å². The molecule has 0 spiro atoms. The van der Waals surface area contributed by atoms with Gasteiger partial charge in [-0.25, -0.2) is 0 Å². The Hall–Kier alpha value is -1.40. The highest BCUT2D eigenvalue weighted by Gasteiger charge is 2.15. The summed E-state index contributed by atoms with van der Waals surface area (Å²) in [5, 5.41) is 10.8. The Morgan fingerprint density at radius 2 is 2.22 bits per heavy atom. The van der Waals surface area contributed by atoms with Crippen LogP contribution in [0.5, 0.6) is 0 Å². The molecular weight excluding hydrogens is 254 g/mol. The Balaban J connectivity index is 2.49. The molecule has 1 amide bonds. The first kappa shape index (κ1) is 14.7. The van der Waals surface area contributed by atoms with Crippen LogP contribution in [0.3, 0.4) is 0 Å². The van der Waals surface area contributed by atoms with E-state index in [1.54, 1.807) is 0 Å². The number of carbonyl (C=O) groups excluding carboxylic acids is 2. The third-order valence-corrected chi connectivity index (χ3v) is 3.32. The van der Waals surface area contributed by atoms with Crippen molar-refractivity contribution in [3.05, 3.63) is 22.4 Å². The van der Waals surface area contributed by atoms with Gasteiger partial charge in [0.25, 0.3) is 0 Å². The van der Waals surface area contributed by atoms with Crippen LogP contribution >= 0.6 is 11.3 Å². The van der Waals surface area contributed by atoms with Gasteiger partial charge in [0.05, 0.1) is 26.6 Å². The zero-order valence-corrected chi connectivity index (χ0v) is 11.1. The van der Waals surface area contributed by atoms with E-state index < -0.39 is 0 Å². The number of nitrogens with zero attached hydrogens (tertiary/aromatic N) is 1. The van der Waals surface area contributed by atoms with Gasteiger partial charge in [-0.3, -0.25) is 9.59 Å². The number of methoxy groups -OCH3 is 1. The van der Waals surface area contributed by atoms with Crippen LogP contribution in [0.1, 0.15) is 11.3 Å². The molecule has 18 heavy (non-hydrogen) atoms. The van der Waals surface area contributed by atoms with Crippen molar-refractivity contribution in [2.24, 2.45) is 0 Å². The van der Waals surface area contributed by atoms with Crippen LogP contribution in [0.4, 0.5) is 0 Å². The lowest BCUT2D eigenvalue weighted by molar-refractivity contribution is -0.141. The molecule has 0 fully saturated rings. The van der Waals surface area contributed by atoms with Crippen LogP contribution in [-0.2, 0) is 20.7 Å². The van der Waals surface area contributed by atoms with Crippen molar-refractivity contribution < 1.29 is 19.4 Å². The van der Waals surface area contributed by atoms with E-state index >= 15 is 0 Å². The smallest absolute Gasteiger partial charge is 0.307 e. The number of thiophene rings is 1. The number of aliphatic hydroxyl groups is 1. The predicted molar refractivity (Wildman–Crippen MR) is 68.3 cm³/mol. The standard InChI is InChI=1S/C12H17NO4S/c1-17-12(16)4-5-13(6-7-14)11(15)9-10-3-2-8-18-10/h2-3,8,14H,4-7,9H2,1H3. The normalized spacial score (nSPS) is 10.1. The fourth-order valence-corrected chi connectivity index (χ4v) is 2.18. The molecule has 6 heteroatoms. The number of hydrogen-bond acceptors (Lipinski definition) is 5. The second kappa shape index (κ2) is 7.84. The molecule has 0 bridgehead atoms. The average molecular weight is 271 g/mol. The lowest BCUT2D eigenvalue weighted by Gasteiger charge is -2.20. The van der Waals surface area contributed by atoms with Crippen molar-refractivity contribution in [1.29, 1.82) is 0 Å². The molecular formula is C12H17NO4S. The molecule has 0 radical (unpaired) electrons. The van der Waals surface area contributed by atoms with E-state index in [0.29, 0.717) is 6.42 Å². The van der Waals surface area contributed by atoms with Crippen molar-refractivity contribution in [2.45, 2.75) is 12.8 Å². The summed E-state index contributed by atoms with van der Waals surface area (Å²) in [6, 6.07) is 3.78. The highest BCUT2D eigenvalue weighted by atomic mass is 32.1. The molecule has 0 aromatic carbocycles. The zero-order chi connectivity index (χ0) is 13.4. The maximum atomic E-state index is 12.0. The Kier molecular flexibility index (Phi) is 6.38. The molecule has 5 nitrogen and oxygen atoms in total. The number of hydrogen-bond donors (Lipinski definition) is 1. The number of esters is 1. The minimum atomic E-state index is -0.359. The second-order valence-corrected chi connectivity index (χ2v) is 4.72. The first-order valence-corrected chi connectivity index (χ1v) is 6.53. The first-order chi connectivity index (χ1) is 8.67. The molecule has 0 atom stereocenters. The largest absolute Gasteiger partial charge is 0.469 e. The third kappa shape index (κ3) is 4.85. The van der Waals surface area contributed by atoms with E-state index in [-0.39, 0.29) is 38.0 Å². The minimum absolute atomic E-state index is 0.0876. The number of aliphatic hydroxyl groups excluding tert-OH is 1. The summed E-state index contributed by atoms with van der Waals surface area (Å²) in [5.74, 6) is -0.447. The number of rotatable bonds is 7. The van der Waals surface area contributed by atoms with E-state index in [1.807, 2.05) is 17.5 Å². The Morgan fingerprint density at radius 3 is 2.78 bits per heavy atom. The van der Waals surface area contributed by atoms with Crippen LogP contribution in [0.2, 0.25) is 0 Å². The van der Waals surface area contributed by atoms with E-state index in [0.717, 1.165) is 4.88 Å². The van der Waals surface area contributed by atoms with Crippen molar-refractivity contribution in [3.8, 4) is 0 Å². The molecule has 0 aliphatic carbocycles. The summed E-state index contributed by atoms with van der Waals surface area (Å²) in [7, 11) is 1.31. The van der Waals surface area contributed by atoms with Gasteiger partial charge in [0, 0.05) is 18.0 Å². The molecule has 1 aromatic heterocycles. The lowest BCUT2D eigenvalue weighted by Crippen LogP contribution is -2.36. The molecule has 0 unspecified atom stereocenters. The van der Waals surface area contributed by atoms with Gasteiger partial charge in [0.1, 0.15) is 0 Å². The quantitative estimate of drug-likeness (QED) is 0.740. The van der Waals surface area contributed by atoms with Crippen LogP contribution in [0.15, 0.2) is 17.5 Å². The lowest BCUT2D eigenvalue weighted by atomic mass is 10.3. The number of carbonyl (C=O) groups is 2. The average Bonchev–Trinajstić information content (AvgIpc) is 2.86. The molecule has 1 heterocycles. The molecule has 1 rings (SSSR count). The maximum Gasteiger partial charge on any atom is 0.307 e. The fraction of sp³-hybridized carbons (Fsp3) is 0.500. The highest BCUT2D eigenvalue weighted by Crippen LogP contribution is 2.10. The molecule has 0 saturated carbocycles. The fourth-order valence-electron chi connectivity index (χ4n) is 1.48. The van der Waals surface area contributed by atoms with Gasteiger partial charge in [0.2, 0.25) is 5.91 Å². The Morgan fingerprint density at radius 1 is 1.44 bits per heavy atom. The van der Waals surface area contributed by atoms with E-state index in [2.05, 4.69) is 4.74 Å². The Bertz CT molecular complexity index is 377. The number of amides is 1. The van der Waals surface area contributed by atoms with Gasteiger partial charge in [-0.1, -0.05) is 6.07 Å². The minimum Gasteiger partial charge on any atom is -0.469 e. The topological polar surface area (TPSA) is 66.8 Å². The zero-order valence-electron chi connectivity index (χ0n) is 10.3. The summed E-state index contributed by atoms with van der Waals surface area (Å²) in [5.41, 5.74) is 0. The summed E-state index contributed by atoms with van der Waals surface area (Å²) >= 11 is 1.51. The van der Waals surface area contributed by atoms with Gasteiger partial charge in [-0.2, -0.15) is 0 Å². The van der Waals surface area contributed by atoms with Crippen molar-refractivity contribution in [3.63, 3.8) is 0 Å². The summed E-state index contributed by atoms with van der Waals surface area (Å²) < 4.78 is 4.53. The molecule has 1 N–H and O–H groups in total. The molecule has 0 saturated heterocycles. The van der Waals surface area contributed by atoms with E-state index in [1.165, 1.54) is 23.3 Å². The Labute approximate surface area is 110 Å². The summed E-state index contributed by atoms with van der Waals surface area (Å²) in [4.78, 5) is 25.5. The maximum absolute atomic E-state index is 12.0. The van der Waals surface area contributed by atoms with Crippen molar-refractivity contribution in [1.82, 2.24) is 4.90 Å². The van der Waals surface area contributed by atoms with Gasteiger partial charge >= 0.3 is 5.97 Å². The van der Waals surface area contributed by atoms with E-state index in [4.69, 9.17) is 5.11 Å². The van der Waals surface area contributed by atoms with Crippen molar-refractivity contribution >= 4 is 23.2 Å². The van der Waals surface area contributed by atoms with Crippen molar-refractivity contribution in [2.75, 3.05) is 26.8 Å². The first-order valence-electron chi connectivity index (χ1n) is 5.65. The van der Waals surface area contributed by atoms with Gasteiger partial charge in [-0.15, -0.1) is 11.3 Å². The molecule has 1 aromatic rings. The van der Waals surface area contributed by atoms with Crippen LogP contribution in [-0.4, -0.2) is 48.7 Å². The monoisotopic (exact) mass is 271 g/mol. The van der Waals surface area contributed by atoms with Crippen LogP contribution in [0, 0.1) is 0 Å². The van der Waals surface area contributed by atoms with Gasteiger partial charge < -0.3 is 14.7 Å².